The standard InChI is InChI=1S/C21H26N4O3.ClH/c1-22-14-17-9-11-24(12-10-17)21(26)18-7-8-19(20(13-18)25(27)28)23-15-16-5-3-2-4-6-16;/h2-8,13,17,22-23H,9-12,14-15H2,1H3;1H. The van der Waals surface area contributed by atoms with Crippen LogP contribution in [0.15, 0.2) is 48.5 Å². The number of anilines is 1. The van der Waals surface area contributed by atoms with E-state index in [-0.39, 0.29) is 24.0 Å². The smallest absolute Gasteiger partial charge is 0.293 e. The molecule has 0 aromatic heterocycles. The van der Waals surface area contributed by atoms with Crippen LogP contribution in [0.25, 0.3) is 0 Å². The number of piperidine rings is 1. The lowest BCUT2D eigenvalue weighted by Gasteiger charge is -2.32. The van der Waals surface area contributed by atoms with Crippen LogP contribution in [0.5, 0.6) is 0 Å². The van der Waals surface area contributed by atoms with E-state index >= 15 is 0 Å². The first kappa shape index (κ1) is 22.6. The summed E-state index contributed by atoms with van der Waals surface area (Å²) in [6, 6.07) is 14.4. The van der Waals surface area contributed by atoms with Crippen LogP contribution in [0.1, 0.15) is 28.8 Å². The molecule has 0 atom stereocenters. The number of hydrogen-bond acceptors (Lipinski definition) is 5. The number of rotatable bonds is 7. The van der Waals surface area contributed by atoms with Crippen LogP contribution in [0, 0.1) is 16.0 Å². The van der Waals surface area contributed by atoms with Gasteiger partial charge in [-0.25, -0.2) is 0 Å². The molecule has 1 amide bonds. The van der Waals surface area contributed by atoms with Gasteiger partial charge in [0.05, 0.1) is 4.92 Å². The van der Waals surface area contributed by atoms with Crippen molar-refractivity contribution in [3.8, 4) is 0 Å². The zero-order valence-electron chi connectivity index (χ0n) is 16.5. The number of benzene rings is 2. The van der Waals surface area contributed by atoms with Gasteiger partial charge < -0.3 is 15.5 Å². The SMILES string of the molecule is CNCC1CCN(C(=O)c2ccc(NCc3ccccc3)c([N+](=O)[O-])c2)CC1.Cl. The molecule has 2 N–H and O–H groups in total. The van der Waals surface area contributed by atoms with E-state index in [4.69, 9.17) is 0 Å². The number of nitro groups is 1. The molecule has 1 fully saturated rings. The van der Waals surface area contributed by atoms with Crippen molar-refractivity contribution in [3.05, 3.63) is 69.8 Å². The Morgan fingerprint density at radius 2 is 1.86 bits per heavy atom. The summed E-state index contributed by atoms with van der Waals surface area (Å²) in [5.41, 5.74) is 1.73. The van der Waals surface area contributed by atoms with E-state index in [0.29, 0.717) is 36.8 Å². The molecule has 1 heterocycles. The first-order chi connectivity index (χ1) is 13.6. The third kappa shape index (κ3) is 5.92. The molecule has 2 aromatic rings. The maximum atomic E-state index is 12.8. The molecule has 0 aliphatic carbocycles. The highest BCUT2D eigenvalue weighted by Gasteiger charge is 2.25. The number of carbonyl (C=O) groups excluding carboxylic acids is 1. The van der Waals surface area contributed by atoms with E-state index in [9.17, 15) is 14.9 Å². The van der Waals surface area contributed by atoms with Gasteiger partial charge in [0.15, 0.2) is 0 Å². The van der Waals surface area contributed by atoms with Crippen LogP contribution in [0.3, 0.4) is 0 Å². The Bertz CT molecular complexity index is 824. The summed E-state index contributed by atoms with van der Waals surface area (Å²) in [5, 5.41) is 17.8. The quantitative estimate of drug-likeness (QED) is 0.528. The second kappa shape index (κ2) is 10.8. The number of hydrogen-bond donors (Lipinski definition) is 2. The normalized spacial score (nSPS) is 14.2. The minimum atomic E-state index is -0.441. The molecule has 0 bridgehead atoms. The van der Waals surface area contributed by atoms with Crippen molar-refractivity contribution >= 4 is 29.7 Å². The maximum absolute atomic E-state index is 12.8. The Balaban J connectivity index is 0.00000300. The number of nitro benzene ring substituents is 1. The van der Waals surface area contributed by atoms with Crippen LogP contribution in [-0.2, 0) is 6.54 Å². The van der Waals surface area contributed by atoms with Crippen molar-refractivity contribution in [2.75, 3.05) is 32.0 Å². The molecule has 1 aliphatic rings. The summed E-state index contributed by atoms with van der Waals surface area (Å²) in [5.74, 6) is 0.438. The minimum Gasteiger partial charge on any atom is -0.375 e. The van der Waals surface area contributed by atoms with Gasteiger partial charge in [0.1, 0.15) is 5.69 Å². The molecular weight excluding hydrogens is 392 g/mol. The van der Waals surface area contributed by atoms with E-state index in [0.717, 1.165) is 24.9 Å². The molecule has 7 nitrogen and oxygen atoms in total. The van der Waals surface area contributed by atoms with Gasteiger partial charge >= 0.3 is 0 Å². The molecule has 0 spiro atoms. The number of nitrogens with one attached hydrogen (secondary N) is 2. The third-order valence-electron chi connectivity index (χ3n) is 5.16. The Labute approximate surface area is 177 Å². The average molecular weight is 419 g/mol. The number of halogens is 1. The molecule has 2 aromatic carbocycles. The fraction of sp³-hybridized carbons (Fsp3) is 0.381. The lowest BCUT2D eigenvalue weighted by atomic mass is 9.96. The fourth-order valence-corrected chi connectivity index (χ4v) is 3.57. The van der Waals surface area contributed by atoms with Gasteiger partial charge in [0, 0.05) is 31.3 Å². The van der Waals surface area contributed by atoms with Gasteiger partial charge in [-0.05, 0) is 50.0 Å². The lowest BCUT2D eigenvalue weighted by molar-refractivity contribution is -0.384. The van der Waals surface area contributed by atoms with Crippen LogP contribution >= 0.6 is 12.4 Å². The minimum absolute atomic E-state index is 0. The van der Waals surface area contributed by atoms with Gasteiger partial charge in [0.2, 0.25) is 0 Å². The van der Waals surface area contributed by atoms with Gasteiger partial charge in [0.25, 0.3) is 11.6 Å². The molecule has 8 heteroatoms. The summed E-state index contributed by atoms with van der Waals surface area (Å²) < 4.78 is 0. The summed E-state index contributed by atoms with van der Waals surface area (Å²) >= 11 is 0. The predicted molar refractivity (Wildman–Crippen MR) is 117 cm³/mol. The van der Waals surface area contributed by atoms with Crippen molar-refractivity contribution in [2.24, 2.45) is 5.92 Å². The van der Waals surface area contributed by atoms with Crippen molar-refractivity contribution in [2.45, 2.75) is 19.4 Å². The van der Waals surface area contributed by atoms with Crippen molar-refractivity contribution in [1.82, 2.24) is 10.2 Å². The number of nitrogens with zero attached hydrogens (tertiary/aromatic N) is 2. The predicted octanol–water partition coefficient (Wildman–Crippen LogP) is 3.70. The third-order valence-corrected chi connectivity index (χ3v) is 5.16. The van der Waals surface area contributed by atoms with E-state index in [1.54, 1.807) is 17.0 Å². The fourth-order valence-electron chi connectivity index (χ4n) is 3.57. The zero-order chi connectivity index (χ0) is 19.9. The average Bonchev–Trinajstić information content (AvgIpc) is 2.73. The Hall–Kier alpha value is -2.64. The number of carbonyl (C=O) groups is 1. The monoisotopic (exact) mass is 418 g/mol. The van der Waals surface area contributed by atoms with Crippen molar-refractivity contribution in [1.29, 1.82) is 0 Å². The summed E-state index contributed by atoms with van der Waals surface area (Å²) in [7, 11) is 1.93. The van der Waals surface area contributed by atoms with E-state index in [2.05, 4.69) is 10.6 Å². The summed E-state index contributed by atoms with van der Waals surface area (Å²) in [6.07, 6.45) is 1.90. The van der Waals surface area contributed by atoms with Crippen molar-refractivity contribution in [3.63, 3.8) is 0 Å². The van der Waals surface area contributed by atoms with Gasteiger partial charge in [-0.15, -0.1) is 12.4 Å². The van der Waals surface area contributed by atoms with Gasteiger partial charge in [-0.2, -0.15) is 0 Å². The molecular formula is C21H27ClN4O3. The van der Waals surface area contributed by atoms with Crippen LogP contribution < -0.4 is 10.6 Å². The molecule has 3 rings (SSSR count). The Kier molecular flexibility index (Phi) is 8.42. The van der Waals surface area contributed by atoms with E-state index in [1.807, 2.05) is 37.4 Å². The van der Waals surface area contributed by atoms with Crippen molar-refractivity contribution < 1.29 is 9.72 Å². The first-order valence-electron chi connectivity index (χ1n) is 9.58. The molecule has 1 aliphatic heterocycles. The zero-order valence-corrected chi connectivity index (χ0v) is 17.3. The maximum Gasteiger partial charge on any atom is 0.293 e. The number of likely N-dealkylation sites (tertiary alicyclic amines) is 1. The Morgan fingerprint density at radius 3 is 2.48 bits per heavy atom. The second-order valence-corrected chi connectivity index (χ2v) is 7.12. The van der Waals surface area contributed by atoms with Crippen LogP contribution in [-0.4, -0.2) is 42.4 Å². The van der Waals surface area contributed by atoms with E-state index in [1.165, 1.54) is 6.07 Å². The summed E-state index contributed by atoms with van der Waals surface area (Å²) in [6.45, 7) is 2.81. The largest absolute Gasteiger partial charge is 0.375 e. The highest BCUT2D eigenvalue weighted by Crippen LogP contribution is 2.27. The molecule has 156 valence electrons. The molecule has 0 saturated carbocycles. The molecule has 29 heavy (non-hydrogen) atoms. The van der Waals surface area contributed by atoms with E-state index < -0.39 is 4.92 Å². The lowest BCUT2D eigenvalue weighted by Crippen LogP contribution is -2.40. The topological polar surface area (TPSA) is 87.5 Å². The number of amides is 1. The van der Waals surface area contributed by atoms with Crippen LogP contribution in [0.4, 0.5) is 11.4 Å². The second-order valence-electron chi connectivity index (χ2n) is 7.12. The highest BCUT2D eigenvalue weighted by molar-refractivity contribution is 5.95. The highest BCUT2D eigenvalue weighted by atomic mass is 35.5. The first-order valence-corrected chi connectivity index (χ1v) is 9.58. The van der Waals surface area contributed by atoms with Gasteiger partial charge in [-0.3, -0.25) is 14.9 Å². The molecule has 0 radical (unpaired) electrons. The summed E-state index contributed by atoms with van der Waals surface area (Å²) in [4.78, 5) is 25.7. The van der Waals surface area contributed by atoms with Gasteiger partial charge in [-0.1, -0.05) is 30.3 Å². The molecule has 1 saturated heterocycles. The molecule has 0 unspecified atom stereocenters. The van der Waals surface area contributed by atoms with Crippen LogP contribution in [0.2, 0.25) is 0 Å². The Morgan fingerprint density at radius 1 is 1.17 bits per heavy atom.